The van der Waals surface area contributed by atoms with Crippen LogP contribution in [0.4, 0.5) is 4.39 Å². The summed E-state index contributed by atoms with van der Waals surface area (Å²) in [5.74, 6) is -1.20. The summed E-state index contributed by atoms with van der Waals surface area (Å²) < 4.78 is 21.1. The van der Waals surface area contributed by atoms with Crippen molar-refractivity contribution >= 4 is 28.6 Å². The minimum atomic E-state index is -1.42. The Morgan fingerprint density at radius 3 is 2.73 bits per heavy atom. The zero-order valence-corrected chi connectivity index (χ0v) is 23.9. The Balaban J connectivity index is 1.38. The summed E-state index contributed by atoms with van der Waals surface area (Å²) in [5.41, 5.74) is 1.31. The second-order valence-corrected chi connectivity index (χ2v) is 12.0. The van der Waals surface area contributed by atoms with E-state index in [0.29, 0.717) is 56.2 Å². The van der Waals surface area contributed by atoms with Crippen LogP contribution in [0.5, 0.6) is 0 Å². The van der Waals surface area contributed by atoms with Crippen LogP contribution in [-0.2, 0) is 16.0 Å². The lowest BCUT2D eigenvalue weighted by molar-refractivity contribution is -0.163. The van der Waals surface area contributed by atoms with Crippen molar-refractivity contribution < 1.29 is 23.5 Å². The number of nitrogens with zero attached hydrogens (tertiary/aromatic N) is 1. The number of alkyl halides is 1. The molecule has 4 rings (SSSR count). The number of carbonyl (C=O) groups is 3. The first-order chi connectivity index (χ1) is 19.0. The Labute approximate surface area is 235 Å². The lowest BCUT2D eigenvalue weighted by Crippen LogP contribution is -2.37. The van der Waals surface area contributed by atoms with E-state index in [1.807, 2.05) is 51.2 Å². The minimum absolute atomic E-state index is 0.100. The van der Waals surface area contributed by atoms with Gasteiger partial charge in [0.05, 0.1) is 5.92 Å². The van der Waals surface area contributed by atoms with Gasteiger partial charge in [0, 0.05) is 48.2 Å². The largest absolute Gasteiger partial charge is 0.460 e. The van der Waals surface area contributed by atoms with Crippen LogP contribution in [-0.4, -0.2) is 45.9 Å². The number of pyridine rings is 1. The average Bonchev–Trinajstić information content (AvgIpc) is 3.39. The van der Waals surface area contributed by atoms with Crippen molar-refractivity contribution in [1.82, 2.24) is 15.3 Å². The molecule has 0 bridgehead atoms. The van der Waals surface area contributed by atoms with Gasteiger partial charge in [-0.3, -0.25) is 14.4 Å². The standard InChI is InChI=1S/C32H40FN3O4/c1-31(2,3)40-30(39)22-10-8-15-32(33,20-22)14-6-5-12-28(37)23-18-24(36-27(19-23)29(38)34-4)17-21-9-7-11-26-25(21)13-16-35-26/h7,9,11,13,16,18-19,22,35H,5-6,8,10,12,14-15,17,20H2,1-4H3,(H,34,38)/t22?,32-/m1/s1. The van der Waals surface area contributed by atoms with Gasteiger partial charge in [0.2, 0.25) is 0 Å². The maximum Gasteiger partial charge on any atom is 0.309 e. The second kappa shape index (κ2) is 12.3. The summed E-state index contributed by atoms with van der Waals surface area (Å²) >= 11 is 0. The number of esters is 1. The molecule has 1 amide bonds. The number of Topliss-reactive ketones (excluding diaryl/α,β-unsaturated/α-hetero) is 1. The number of ether oxygens (including phenoxy) is 1. The van der Waals surface area contributed by atoms with Crippen molar-refractivity contribution in [3.8, 4) is 0 Å². The highest BCUT2D eigenvalue weighted by Gasteiger charge is 2.40. The molecule has 2 aromatic heterocycles. The highest BCUT2D eigenvalue weighted by Crippen LogP contribution is 2.40. The molecule has 0 spiro atoms. The smallest absolute Gasteiger partial charge is 0.309 e. The number of hydrogen-bond acceptors (Lipinski definition) is 5. The van der Waals surface area contributed by atoms with Crippen molar-refractivity contribution in [2.75, 3.05) is 7.05 Å². The Bertz CT molecular complexity index is 1380. The van der Waals surface area contributed by atoms with Gasteiger partial charge >= 0.3 is 5.97 Å². The molecule has 2 heterocycles. The maximum atomic E-state index is 15.6. The van der Waals surface area contributed by atoms with E-state index in [1.54, 1.807) is 6.07 Å². The van der Waals surface area contributed by atoms with E-state index in [1.165, 1.54) is 13.1 Å². The van der Waals surface area contributed by atoms with E-state index in [-0.39, 0.29) is 36.2 Å². The molecule has 7 nitrogen and oxygen atoms in total. The summed E-state index contributed by atoms with van der Waals surface area (Å²) in [6, 6.07) is 11.3. The highest BCUT2D eigenvalue weighted by atomic mass is 19.1. The molecular weight excluding hydrogens is 509 g/mol. The molecule has 1 aliphatic carbocycles. The molecule has 1 unspecified atom stereocenters. The lowest BCUT2D eigenvalue weighted by atomic mass is 9.76. The average molecular weight is 550 g/mol. The monoisotopic (exact) mass is 549 g/mol. The molecule has 2 atom stereocenters. The first-order valence-corrected chi connectivity index (χ1v) is 14.2. The van der Waals surface area contributed by atoms with E-state index in [9.17, 15) is 14.4 Å². The summed E-state index contributed by atoms with van der Waals surface area (Å²) in [6.45, 7) is 5.46. The molecule has 0 radical (unpaired) electrons. The topological polar surface area (TPSA) is 101 Å². The molecule has 1 aromatic carbocycles. The van der Waals surface area contributed by atoms with Gasteiger partial charge in [0.15, 0.2) is 5.78 Å². The number of nitrogens with one attached hydrogen (secondary N) is 2. The van der Waals surface area contributed by atoms with Crippen LogP contribution in [0.2, 0.25) is 0 Å². The van der Waals surface area contributed by atoms with Gasteiger partial charge in [0.1, 0.15) is 17.0 Å². The van der Waals surface area contributed by atoms with Gasteiger partial charge in [-0.2, -0.15) is 0 Å². The van der Waals surface area contributed by atoms with Crippen LogP contribution in [0.15, 0.2) is 42.6 Å². The number of rotatable bonds is 10. The fourth-order valence-electron chi connectivity index (χ4n) is 5.58. The second-order valence-electron chi connectivity index (χ2n) is 12.0. The summed E-state index contributed by atoms with van der Waals surface area (Å²) in [5, 5.41) is 3.66. The number of aromatic nitrogens is 2. The van der Waals surface area contributed by atoms with Crippen LogP contribution >= 0.6 is 0 Å². The first kappa shape index (κ1) is 29.4. The van der Waals surface area contributed by atoms with Crippen LogP contribution < -0.4 is 5.32 Å². The van der Waals surface area contributed by atoms with Crippen molar-refractivity contribution in [3.05, 3.63) is 65.1 Å². The summed E-state index contributed by atoms with van der Waals surface area (Å²) in [6.07, 6.45) is 5.88. The Morgan fingerprint density at radius 2 is 1.98 bits per heavy atom. The van der Waals surface area contributed by atoms with Crippen molar-refractivity contribution in [1.29, 1.82) is 0 Å². The van der Waals surface area contributed by atoms with Crippen molar-refractivity contribution in [2.45, 2.75) is 89.8 Å². The number of unbranched alkanes of at least 4 members (excludes halogenated alkanes) is 1. The molecule has 0 saturated heterocycles. The van der Waals surface area contributed by atoms with E-state index < -0.39 is 17.2 Å². The molecule has 1 saturated carbocycles. The number of fused-ring (bicyclic) bond motifs is 1. The molecule has 0 aliphatic heterocycles. The quantitative estimate of drug-likeness (QED) is 0.171. The van der Waals surface area contributed by atoms with Crippen LogP contribution in [0, 0.1) is 5.92 Å². The number of aromatic amines is 1. The van der Waals surface area contributed by atoms with E-state index >= 15 is 4.39 Å². The SMILES string of the molecule is CNC(=O)c1cc(C(=O)CCCC[C@@]2(F)CCCC(C(=O)OC(C)(C)C)C2)cc(Cc2cccc3[nH]ccc23)n1. The number of carbonyl (C=O) groups excluding carboxylic acids is 3. The highest BCUT2D eigenvalue weighted by molar-refractivity contribution is 5.99. The number of ketones is 1. The fourth-order valence-corrected chi connectivity index (χ4v) is 5.58. The molecule has 1 fully saturated rings. The lowest BCUT2D eigenvalue weighted by Gasteiger charge is -2.35. The van der Waals surface area contributed by atoms with Crippen LogP contribution in [0.25, 0.3) is 10.9 Å². The number of halogens is 1. The number of H-pyrrole nitrogens is 1. The molecular formula is C32H40FN3O4. The van der Waals surface area contributed by atoms with Gasteiger partial charge in [-0.25, -0.2) is 9.37 Å². The number of amides is 1. The number of benzene rings is 1. The fraction of sp³-hybridized carbons (Fsp3) is 0.500. The minimum Gasteiger partial charge on any atom is -0.460 e. The van der Waals surface area contributed by atoms with Gasteiger partial charge in [-0.15, -0.1) is 0 Å². The zero-order chi connectivity index (χ0) is 28.9. The van der Waals surface area contributed by atoms with E-state index in [0.717, 1.165) is 16.5 Å². The third-order valence-corrected chi connectivity index (χ3v) is 7.53. The van der Waals surface area contributed by atoms with Crippen molar-refractivity contribution in [3.63, 3.8) is 0 Å². The summed E-state index contributed by atoms with van der Waals surface area (Å²) in [7, 11) is 1.53. The van der Waals surface area contributed by atoms with Gasteiger partial charge in [-0.1, -0.05) is 12.1 Å². The molecule has 8 heteroatoms. The number of hydrogen-bond donors (Lipinski definition) is 2. The Morgan fingerprint density at radius 1 is 1.18 bits per heavy atom. The van der Waals surface area contributed by atoms with Gasteiger partial charge < -0.3 is 15.0 Å². The predicted octanol–water partition coefficient (Wildman–Crippen LogP) is 6.50. The zero-order valence-electron chi connectivity index (χ0n) is 23.9. The van der Waals surface area contributed by atoms with Gasteiger partial charge in [0.25, 0.3) is 5.91 Å². The van der Waals surface area contributed by atoms with Crippen LogP contribution in [0.1, 0.15) is 104 Å². The van der Waals surface area contributed by atoms with Crippen molar-refractivity contribution in [2.24, 2.45) is 5.92 Å². The van der Waals surface area contributed by atoms with Gasteiger partial charge in [-0.05, 0) is 95.5 Å². The van der Waals surface area contributed by atoms with E-state index in [4.69, 9.17) is 4.74 Å². The molecule has 1 aliphatic rings. The molecule has 3 aromatic rings. The maximum absolute atomic E-state index is 15.6. The van der Waals surface area contributed by atoms with E-state index in [2.05, 4.69) is 15.3 Å². The summed E-state index contributed by atoms with van der Waals surface area (Å²) in [4.78, 5) is 45.8. The Hall–Kier alpha value is -3.55. The van der Waals surface area contributed by atoms with Crippen LogP contribution in [0.3, 0.4) is 0 Å². The molecule has 2 N–H and O–H groups in total. The Kier molecular flexibility index (Phi) is 9.06. The third kappa shape index (κ3) is 7.55. The molecule has 214 valence electrons. The normalized spacial score (nSPS) is 19.4. The first-order valence-electron chi connectivity index (χ1n) is 14.2. The third-order valence-electron chi connectivity index (χ3n) is 7.53. The predicted molar refractivity (Wildman–Crippen MR) is 153 cm³/mol. The molecule has 40 heavy (non-hydrogen) atoms.